The van der Waals surface area contributed by atoms with Gasteiger partial charge in [0, 0.05) is 19.7 Å². The molecule has 0 amide bonds. The molecule has 1 aliphatic heterocycles. The van der Waals surface area contributed by atoms with Gasteiger partial charge in [-0.15, -0.1) is 0 Å². The van der Waals surface area contributed by atoms with E-state index in [-0.39, 0.29) is 6.10 Å². The first-order valence-corrected chi connectivity index (χ1v) is 5.55. The lowest BCUT2D eigenvalue weighted by Gasteiger charge is -2.23. The summed E-state index contributed by atoms with van der Waals surface area (Å²) in [5.74, 6) is 0.635. The van der Waals surface area contributed by atoms with Gasteiger partial charge in [-0.1, -0.05) is 0 Å². The maximum absolute atomic E-state index is 5.77. The van der Waals surface area contributed by atoms with Gasteiger partial charge in [0.25, 0.3) is 0 Å². The van der Waals surface area contributed by atoms with Gasteiger partial charge in [-0.2, -0.15) is 0 Å². The van der Waals surface area contributed by atoms with Gasteiger partial charge in [-0.05, 0) is 19.4 Å². The molecule has 1 atom stereocenters. The summed E-state index contributed by atoms with van der Waals surface area (Å²) >= 11 is 0. The van der Waals surface area contributed by atoms with Crippen molar-refractivity contribution in [1.82, 2.24) is 15.3 Å². The molecule has 5 heteroatoms. The Morgan fingerprint density at radius 3 is 3.19 bits per heavy atom. The van der Waals surface area contributed by atoms with Crippen LogP contribution in [0.4, 0.5) is 0 Å². The van der Waals surface area contributed by atoms with Crippen LogP contribution in [0.15, 0.2) is 12.4 Å². The topological polar surface area (TPSA) is 56.3 Å². The summed E-state index contributed by atoms with van der Waals surface area (Å²) in [6, 6.07) is 1.83. The molecule has 2 heterocycles. The fourth-order valence-electron chi connectivity index (χ4n) is 1.76. The highest BCUT2D eigenvalue weighted by Crippen LogP contribution is 2.13. The van der Waals surface area contributed by atoms with Crippen LogP contribution in [0.5, 0.6) is 5.88 Å². The summed E-state index contributed by atoms with van der Waals surface area (Å²) in [6.07, 6.45) is 3.97. The Bertz CT molecular complexity index is 327. The van der Waals surface area contributed by atoms with Crippen LogP contribution in [0, 0.1) is 0 Å². The van der Waals surface area contributed by atoms with E-state index in [1.807, 2.05) is 6.07 Å². The van der Waals surface area contributed by atoms with Crippen molar-refractivity contribution < 1.29 is 9.47 Å². The molecule has 88 valence electrons. The number of hydrogen-bond donors (Lipinski definition) is 1. The first-order valence-electron chi connectivity index (χ1n) is 5.55. The quantitative estimate of drug-likeness (QED) is 0.816. The average molecular weight is 223 g/mol. The Balaban J connectivity index is 1.94. The van der Waals surface area contributed by atoms with Crippen molar-refractivity contribution in [2.24, 2.45) is 0 Å². The number of piperidine rings is 1. The molecule has 1 aromatic rings. The predicted octanol–water partition coefficient (Wildman–Crippen LogP) is 0.754. The minimum absolute atomic E-state index is 0.221. The van der Waals surface area contributed by atoms with Gasteiger partial charge in [0.05, 0.1) is 12.3 Å². The minimum atomic E-state index is 0.221. The lowest BCUT2D eigenvalue weighted by molar-refractivity contribution is 0.157. The first kappa shape index (κ1) is 11.3. The molecule has 0 aliphatic carbocycles. The van der Waals surface area contributed by atoms with Gasteiger partial charge >= 0.3 is 0 Å². The summed E-state index contributed by atoms with van der Waals surface area (Å²) in [5, 5.41) is 3.30. The summed E-state index contributed by atoms with van der Waals surface area (Å²) in [7, 11) is 1.65. The third kappa shape index (κ3) is 3.15. The molecule has 1 aliphatic rings. The van der Waals surface area contributed by atoms with Crippen LogP contribution in [-0.2, 0) is 11.3 Å². The van der Waals surface area contributed by atoms with Crippen LogP contribution >= 0.6 is 0 Å². The molecule has 0 aromatic carbocycles. The van der Waals surface area contributed by atoms with Gasteiger partial charge in [0.15, 0.2) is 0 Å². The van der Waals surface area contributed by atoms with E-state index in [0.29, 0.717) is 12.5 Å². The van der Waals surface area contributed by atoms with Crippen LogP contribution < -0.4 is 10.1 Å². The van der Waals surface area contributed by atoms with Crippen LogP contribution in [0.1, 0.15) is 18.5 Å². The van der Waals surface area contributed by atoms with Gasteiger partial charge in [0.1, 0.15) is 12.4 Å². The van der Waals surface area contributed by atoms with Crippen LogP contribution in [0.2, 0.25) is 0 Å². The van der Waals surface area contributed by atoms with E-state index in [0.717, 1.165) is 31.6 Å². The average Bonchev–Trinajstić information content (AvgIpc) is 2.31. The van der Waals surface area contributed by atoms with Gasteiger partial charge in [-0.3, -0.25) is 0 Å². The van der Waals surface area contributed by atoms with E-state index in [1.165, 1.54) is 6.33 Å². The third-order valence-corrected chi connectivity index (χ3v) is 2.53. The van der Waals surface area contributed by atoms with E-state index in [2.05, 4.69) is 15.3 Å². The van der Waals surface area contributed by atoms with E-state index in [4.69, 9.17) is 9.47 Å². The number of ether oxygens (including phenoxy) is 2. The Hall–Kier alpha value is -1.20. The maximum atomic E-state index is 5.77. The second kappa shape index (κ2) is 5.77. The molecule has 0 bridgehead atoms. The molecule has 0 spiro atoms. The molecule has 2 rings (SSSR count). The normalized spacial score (nSPS) is 20.7. The van der Waals surface area contributed by atoms with Gasteiger partial charge in [-0.25, -0.2) is 9.97 Å². The fraction of sp³-hybridized carbons (Fsp3) is 0.636. The summed E-state index contributed by atoms with van der Waals surface area (Å²) in [5.41, 5.74) is 0.844. The molecule has 1 unspecified atom stereocenters. The predicted molar refractivity (Wildman–Crippen MR) is 59.3 cm³/mol. The lowest BCUT2D eigenvalue weighted by Crippen LogP contribution is -2.37. The van der Waals surface area contributed by atoms with Crippen molar-refractivity contribution in [3.8, 4) is 5.88 Å². The van der Waals surface area contributed by atoms with E-state index in [1.54, 1.807) is 7.11 Å². The van der Waals surface area contributed by atoms with Gasteiger partial charge < -0.3 is 14.8 Å². The lowest BCUT2D eigenvalue weighted by atomic mass is 10.1. The second-order valence-corrected chi connectivity index (χ2v) is 3.87. The summed E-state index contributed by atoms with van der Waals surface area (Å²) < 4.78 is 10.8. The number of nitrogens with zero attached hydrogens (tertiary/aromatic N) is 2. The number of aromatic nitrogens is 2. The van der Waals surface area contributed by atoms with Crippen molar-refractivity contribution in [3.05, 3.63) is 18.1 Å². The zero-order chi connectivity index (χ0) is 11.2. The molecular weight excluding hydrogens is 206 g/mol. The highest BCUT2D eigenvalue weighted by Gasteiger charge is 2.15. The SMILES string of the molecule is COCc1cc(OC2CCCNC2)ncn1. The Morgan fingerprint density at radius 1 is 1.50 bits per heavy atom. The van der Waals surface area contributed by atoms with E-state index >= 15 is 0 Å². The van der Waals surface area contributed by atoms with E-state index < -0.39 is 0 Å². The molecule has 1 aromatic heterocycles. The number of methoxy groups -OCH3 is 1. The molecule has 1 saturated heterocycles. The zero-order valence-corrected chi connectivity index (χ0v) is 9.48. The highest BCUT2D eigenvalue weighted by atomic mass is 16.5. The Kier molecular flexibility index (Phi) is 4.07. The smallest absolute Gasteiger partial charge is 0.216 e. The Morgan fingerprint density at radius 2 is 2.44 bits per heavy atom. The van der Waals surface area contributed by atoms with Crippen molar-refractivity contribution in [2.75, 3.05) is 20.2 Å². The molecular formula is C11H17N3O2. The highest BCUT2D eigenvalue weighted by molar-refractivity contribution is 5.13. The van der Waals surface area contributed by atoms with Crippen molar-refractivity contribution >= 4 is 0 Å². The molecule has 1 N–H and O–H groups in total. The second-order valence-electron chi connectivity index (χ2n) is 3.87. The van der Waals surface area contributed by atoms with E-state index in [9.17, 15) is 0 Å². The largest absolute Gasteiger partial charge is 0.473 e. The standard InChI is InChI=1S/C11H17N3O2/c1-15-7-9-5-11(14-8-13-9)16-10-3-2-4-12-6-10/h5,8,10,12H,2-4,6-7H2,1H3. The van der Waals surface area contributed by atoms with Crippen molar-refractivity contribution in [3.63, 3.8) is 0 Å². The van der Waals surface area contributed by atoms with Crippen LogP contribution in [-0.4, -0.2) is 36.3 Å². The fourth-order valence-corrected chi connectivity index (χ4v) is 1.76. The molecule has 1 fully saturated rings. The van der Waals surface area contributed by atoms with Crippen LogP contribution in [0.3, 0.4) is 0 Å². The monoisotopic (exact) mass is 223 g/mol. The first-order chi connectivity index (χ1) is 7.88. The molecule has 16 heavy (non-hydrogen) atoms. The maximum Gasteiger partial charge on any atom is 0.216 e. The molecule has 0 radical (unpaired) electrons. The summed E-state index contributed by atoms with van der Waals surface area (Å²) in [4.78, 5) is 8.19. The van der Waals surface area contributed by atoms with Crippen molar-refractivity contribution in [1.29, 1.82) is 0 Å². The van der Waals surface area contributed by atoms with Crippen molar-refractivity contribution in [2.45, 2.75) is 25.6 Å². The molecule has 5 nitrogen and oxygen atoms in total. The minimum Gasteiger partial charge on any atom is -0.473 e. The third-order valence-electron chi connectivity index (χ3n) is 2.53. The Labute approximate surface area is 95.2 Å². The number of rotatable bonds is 4. The number of hydrogen-bond acceptors (Lipinski definition) is 5. The van der Waals surface area contributed by atoms with Gasteiger partial charge in [0.2, 0.25) is 5.88 Å². The zero-order valence-electron chi connectivity index (χ0n) is 9.48. The summed E-state index contributed by atoms with van der Waals surface area (Å²) in [6.45, 7) is 2.46. The molecule has 0 saturated carbocycles. The van der Waals surface area contributed by atoms with Crippen LogP contribution in [0.25, 0.3) is 0 Å². The number of nitrogens with one attached hydrogen (secondary N) is 1.